The van der Waals surface area contributed by atoms with E-state index in [1.54, 1.807) is 31.5 Å². The molecule has 0 saturated carbocycles. The number of hydrogen-bond acceptors (Lipinski definition) is 4. The zero-order chi connectivity index (χ0) is 9.83. The van der Waals surface area contributed by atoms with Gasteiger partial charge in [0.1, 0.15) is 0 Å². The number of hydrogen-bond donors (Lipinski definition) is 0. The van der Waals surface area contributed by atoms with Crippen LogP contribution in [0, 0.1) is 11.1 Å². The average Bonchev–Trinajstić information content (AvgIpc) is 1.84. The van der Waals surface area contributed by atoms with Crippen LogP contribution in [0.1, 0.15) is 6.92 Å². The lowest BCUT2D eigenvalue weighted by Gasteiger charge is -2.26. The monoisotopic (exact) mass is 211 g/mol. The van der Waals surface area contributed by atoms with E-state index in [1.165, 1.54) is 0 Å². The predicted molar refractivity (Wildman–Crippen MR) is 51.3 cm³/mol. The molecule has 4 nitrogen and oxygen atoms in total. The lowest BCUT2D eigenvalue weighted by molar-refractivity contribution is 0.297. The minimum Gasteiger partial charge on any atom is -0.298 e. The van der Waals surface area contributed by atoms with Crippen LogP contribution in [0.25, 0.3) is 0 Å². The Labute approximate surface area is 74.9 Å². The van der Waals surface area contributed by atoms with Gasteiger partial charge in [-0.1, -0.05) is 0 Å². The van der Waals surface area contributed by atoms with E-state index in [0.29, 0.717) is 0 Å². The predicted octanol–water partition coefficient (Wildman–Crippen LogP) is 2.32. The molecule has 0 aliphatic carbocycles. The van der Waals surface area contributed by atoms with Crippen LogP contribution in [-0.2, 0) is 13.1 Å². The van der Waals surface area contributed by atoms with Gasteiger partial charge in [-0.2, -0.15) is 5.26 Å². The molecule has 12 heavy (non-hydrogen) atoms. The van der Waals surface area contributed by atoms with Crippen LogP contribution >= 0.6 is 17.9 Å². The van der Waals surface area contributed by atoms with Crippen LogP contribution in [-0.4, -0.2) is 25.4 Å². The molecule has 0 aliphatic rings. The highest BCUT2D eigenvalue weighted by Gasteiger charge is 2.28. The van der Waals surface area contributed by atoms with Crippen molar-refractivity contribution in [1.29, 1.82) is 5.26 Å². The Bertz CT molecular complexity index is 230. The molecule has 0 aromatic rings. The Kier molecular flexibility index (Phi) is 4.29. The van der Waals surface area contributed by atoms with Crippen LogP contribution in [0.4, 0.5) is 0 Å². The first-order valence-corrected chi connectivity index (χ1v) is 7.71. The first kappa shape index (κ1) is 12.0. The van der Waals surface area contributed by atoms with Crippen molar-refractivity contribution in [3.8, 4) is 5.81 Å². The summed E-state index contributed by atoms with van der Waals surface area (Å²) in [6.45, 7) is 1.89. The molecule has 1 unspecified atom stereocenters. The molecule has 0 saturated heterocycles. The largest absolute Gasteiger partial charge is 0.441 e. The number of rotatable bonds is 4. The van der Waals surface area contributed by atoms with Crippen molar-refractivity contribution in [3.63, 3.8) is 0 Å². The Hall–Kier alpha value is -0.01000. The van der Waals surface area contributed by atoms with Gasteiger partial charge in [0.15, 0.2) is 5.81 Å². The van der Waals surface area contributed by atoms with Crippen LogP contribution < -0.4 is 0 Å². The first-order chi connectivity index (χ1) is 5.33. The van der Waals surface area contributed by atoms with Gasteiger partial charge in [-0.3, -0.25) is 4.52 Å². The standard InChI is InChI=1S/C6H14NO3PS/c1-5-9-11(8,6-7)10-12(2,3)4/h5H2,1-4H3. The van der Waals surface area contributed by atoms with E-state index >= 15 is 0 Å². The summed E-state index contributed by atoms with van der Waals surface area (Å²) in [6.07, 6.45) is 5.40. The van der Waals surface area contributed by atoms with Gasteiger partial charge in [0, 0.05) is 0 Å². The number of nitriles is 1. The molecule has 0 heterocycles. The van der Waals surface area contributed by atoms with Crippen molar-refractivity contribution < 1.29 is 13.1 Å². The highest BCUT2D eigenvalue weighted by Crippen LogP contribution is 2.59. The van der Waals surface area contributed by atoms with E-state index in [4.69, 9.17) is 13.8 Å². The van der Waals surface area contributed by atoms with Gasteiger partial charge in [0.2, 0.25) is 0 Å². The number of nitrogens with zero attached hydrogens (tertiary/aromatic N) is 1. The molecule has 0 aliphatic heterocycles. The summed E-state index contributed by atoms with van der Waals surface area (Å²) in [6, 6.07) is 0. The van der Waals surface area contributed by atoms with Crippen LogP contribution in [0.3, 0.4) is 0 Å². The molecule has 0 rings (SSSR count). The molecule has 72 valence electrons. The van der Waals surface area contributed by atoms with E-state index in [-0.39, 0.29) is 6.61 Å². The normalized spacial score (nSPS) is 17.9. The third-order valence-electron chi connectivity index (χ3n) is 0.743. The Balaban J connectivity index is 4.39. The summed E-state index contributed by atoms with van der Waals surface area (Å²) in [7, 11) is -4.91. The maximum absolute atomic E-state index is 11.4. The lowest BCUT2D eigenvalue weighted by Crippen LogP contribution is -1.98. The van der Waals surface area contributed by atoms with Gasteiger partial charge >= 0.3 is 7.60 Å². The van der Waals surface area contributed by atoms with E-state index in [9.17, 15) is 4.57 Å². The van der Waals surface area contributed by atoms with Crippen molar-refractivity contribution in [2.24, 2.45) is 0 Å². The molecule has 1 atom stereocenters. The second kappa shape index (κ2) is 4.29. The molecule has 0 N–H and O–H groups in total. The van der Waals surface area contributed by atoms with E-state index in [1.807, 2.05) is 0 Å². The lowest BCUT2D eigenvalue weighted by atomic mass is 10.9. The van der Waals surface area contributed by atoms with Crippen LogP contribution in [0.2, 0.25) is 0 Å². The summed E-state index contributed by atoms with van der Waals surface area (Å²) in [5.74, 6) is 1.57. The summed E-state index contributed by atoms with van der Waals surface area (Å²) in [4.78, 5) is 0. The third kappa shape index (κ3) is 4.78. The van der Waals surface area contributed by atoms with Gasteiger partial charge in [0.05, 0.1) is 6.61 Å². The van der Waals surface area contributed by atoms with Crippen molar-refractivity contribution in [2.75, 3.05) is 25.4 Å². The average molecular weight is 211 g/mol. The van der Waals surface area contributed by atoms with Crippen molar-refractivity contribution in [2.45, 2.75) is 6.92 Å². The zero-order valence-electron chi connectivity index (χ0n) is 7.73. The zero-order valence-corrected chi connectivity index (χ0v) is 9.45. The highest BCUT2D eigenvalue weighted by molar-refractivity contribution is 8.30. The summed E-state index contributed by atoms with van der Waals surface area (Å²) >= 11 is 0. The second-order valence-electron chi connectivity index (χ2n) is 2.81. The fraction of sp³-hybridized carbons (Fsp3) is 0.833. The third-order valence-corrected chi connectivity index (χ3v) is 4.16. The fourth-order valence-electron chi connectivity index (χ4n) is 0.531. The minimum atomic E-state index is -3.48. The van der Waals surface area contributed by atoms with E-state index in [0.717, 1.165) is 0 Å². The molecule has 0 spiro atoms. The highest BCUT2D eigenvalue weighted by atomic mass is 32.3. The Morgan fingerprint density at radius 3 is 2.25 bits per heavy atom. The Morgan fingerprint density at radius 1 is 1.50 bits per heavy atom. The molecule has 0 radical (unpaired) electrons. The SMILES string of the molecule is CCOP(=O)(C#N)OS(C)(C)C. The fourth-order valence-corrected chi connectivity index (χ4v) is 3.59. The second-order valence-corrected chi connectivity index (χ2v) is 8.31. The molecule has 0 fully saturated rings. The van der Waals surface area contributed by atoms with Crippen molar-refractivity contribution in [1.82, 2.24) is 0 Å². The molecular weight excluding hydrogens is 197 g/mol. The summed E-state index contributed by atoms with van der Waals surface area (Å²) < 4.78 is 21.2. The maximum Gasteiger partial charge on any atom is 0.441 e. The molecule has 0 amide bonds. The molecule has 0 aromatic heterocycles. The molecular formula is C6H14NO3PS. The molecule has 6 heteroatoms. The van der Waals surface area contributed by atoms with Crippen molar-refractivity contribution >= 4 is 17.9 Å². The summed E-state index contributed by atoms with van der Waals surface area (Å²) in [5.41, 5.74) is 0. The topological polar surface area (TPSA) is 59.3 Å². The summed E-state index contributed by atoms with van der Waals surface area (Å²) in [5, 5.41) is 8.53. The van der Waals surface area contributed by atoms with Gasteiger partial charge in [-0.25, -0.2) is 8.54 Å². The van der Waals surface area contributed by atoms with Crippen molar-refractivity contribution in [3.05, 3.63) is 0 Å². The first-order valence-electron chi connectivity index (χ1n) is 3.38. The van der Waals surface area contributed by atoms with Gasteiger partial charge in [-0.15, -0.1) is 10.3 Å². The molecule has 0 aromatic carbocycles. The van der Waals surface area contributed by atoms with Crippen LogP contribution in [0.5, 0.6) is 0 Å². The maximum atomic E-state index is 11.4. The Morgan fingerprint density at radius 2 is 2.00 bits per heavy atom. The van der Waals surface area contributed by atoms with Gasteiger partial charge in [0.25, 0.3) is 0 Å². The molecule has 0 bridgehead atoms. The van der Waals surface area contributed by atoms with E-state index < -0.39 is 17.9 Å². The quantitative estimate of drug-likeness (QED) is 0.669. The van der Waals surface area contributed by atoms with E-state index in [2.05, 4.69) is 0 Å². The smallest absolute Gasteiger partial charge is 0.298 e. The van der Waals surface area contributed by atoms with Gasteiger partial charge in [-0.05, 0) is 25.7 Å². The van der Waals surface area contributed by atoms with Crippen LogP contribution in [0.15, 0.2) is 0 Å². The minimum absolute atomic E-state index is 0.223. The van der Waals surface area contributed by atoms with Gasteiger partial charge < -0.3 is 0 Å².